The molecule has 0 saturated heterocycles. The summed E-state index contributed by atoms with van der Waals surface area (Å²) in [6.45, 7) is 9.62. The number of esters is 2. The number of rotatable bonds is 8. The maximum Gasteiger partial charge on any atom is 0.333 e. The van der Waals surface area contributed by atoms with Crippen molar-refractivity contribution in [3.8, 4) is 0 Å². The van der Waals surface area contributed by atoms with Crippen LogP contribution >= 0.6 is 0 Å². The molecule has 0 saturated carbocycles. The molecule has 0 aliphatic heterocycles. The fourth-order valence-corrected chi connectivity index (χ4v) is 1.15. The Morgan fingerprint density at radius 1 is 1.22 bits per heavy atom. The third-order valence-electron chi connectivity index (χ3n) is 2.62. The minimum Gasteiger partial charge on any atom is -0.463 e. The average molecular weight is 254 g/mol. The van der Waals surface area contributed by atoms with E-state index >= 15 is 0 Å². The molecule has 4 nitrogen and oxygen atoms in total. The molecule has 0 aromatic carbocycles. The average Bonchev–Trinajstić information content (AvgIpc) is 2.37. The summed E-state index contributed by atoms with van der Waals surface area (Å²) in [5.41, 5.74) is 0.613. The maximum absolute atomic E-state index is 11.3. The van der Waals surface area contributed by atoms with Gasteiger partial charge >= 0.3 is 11.9 Å². The molecule has 102 valence electrons. The van der Waals surface area contributed by atoms with Gasteiger partial charge in [-0.1, -0.05) is 19.6 Å². The summed E-state index contributed by atoms with van der Waals surface area (Å²) in [6, 6.07) is 0. The van der Waals surface area contributed by atoms with Crippen LogP contribution in [0.15, 0.2) is 24.3 Å². The van der Waals surface area contributed by atoms with Gasteiger partial charge in [0.05, 0.1) is 13.2 Å². The summed E-state index contributed by atoms with van der Waals surface area (Å²) in [6.07, 6.45) is 4.38. The van der Waals surface area contributed by atoms with Gasteiger partial charge < -0.3 is 9.47 Å². The monoisotopic (exact) mass is 254 g/mol. The number of hydrogen-bond donors (Lipinski definition) is 0. The summed E-state index contributed by atoms with van der Waals surface area (Å²) in [5, 5.41) is 0. The zero-order valence-electron chi connectivity index (χ0n) is 11.4. The minimum absolute atomic E-state index is 0.275. The maximum atomic E-state index is 11.3. The predicted molar refractivity (Wildman–Crippen MR) is 69.9 cm³/mol. The van der Waals surface area contributed by atoms with Crippen LogP contribution in [0.4, 0.5) is 0 Å². The van der Waals surface area contributed by atoms with E-state index in [1.807, 2.05) is 6.92 Å². The largest absolute Gasteiger partial charge is 0.463 e. The van der Waals surface area contributed by atoms with Crippen LogP contribution in [0, 0.1) is 5.92 Å². The molecule has 0 N–H and O–H groups in total. The van der Waals surface area contributed by atoms with Crippen molar-refractivity contribution in [3.63, 3.8) is 0 Å². The highest BCUT2D eigenvalue weighted by Crippen LogP contribution is 2.08. The van der Waals surface area contributed by atoms with Gasteiger partial charge in [-0.25, -0.2) is 9.59 Å². The molecule has 1 unspecified atom stereocenters. The number of carbonyl (C=O) groups excluding carboxylic acids is 2. The van der Waals surface area contributed by atoms with Crippen molar-refractivity contribution in [1.29, 1.82) is 0 Å². The van der Waals surface area contributed by atoms with Crippen molar-refractivity contribution < 1.29 is 19.1 Å². The lowest BCUT2D eigenvalue weighted by Gasteiger charge is -2.11. The zero-order chi connectivity index (χ0) is 14.0. The minimum atomic E-state index is -0.405. The van der Waals surface area contributed by atoms with Crippen LogP contribution in [-0.4, -0.2) is 25.2 Å². The molecule has 0 amide bonds. The first-order valence-electron chi connectivity index (χ1n) is 6.10. The first-order chi connectivity index (χ1) is 8.51. The normalized spacial score (nSPS) is 12.7. The highest BCUT2D eigenvalue weighted by atomic mass is 16.5. The van der Waals surface area contributed by atoms with Gasteiger partial charge in [0.1, 0.15) is 0 Å². The van der Waals surface area contributed by atoms with E-state index in [1.165, 1.54) is 0 Å². The van der Waals surface area contributed by atoms with Crippen LogP contribution in [0.5, 0.6) is 0 Å². The highest BCUT2D eigenvalue weighted by Gasteiger charge is 2.07. The van der Waals surface area contributed by atoms with Crippen LogP contribution in [0.3, 0.4) is 0 Å². The summed E-state index contributed by atoms with van der Waals surface area (Å²) >= 11 is 0. The summed E-state index contributed by atoms with van der Waals surface area (Å²) in [7, 11) is 0. The van der Waals surface area contributed by atoms with Crippen LogP contribution in [0.1, 0.15) is 33.6 Å². The smallest absolute Gasteiger partial charge is 0.333 e. The highest BCUT2D eigenvalue weighted by molar-refractivity contribution is 5.87. The Bertz CT molecular complexity index is 318. The number of allylic oxidation sites excluding steroid dienone is 1. The summed E-state index contributed by atoms with van der Waals surface area (Å²) in [5.74, 6) is -0.346. The summed E-state index contributed by atoms with van der Waals surface area (Å²) in [4.78, 5) is 22.1. The second kappa shape index (κ2) is 9.45. The molecule has 0 aromatic heterocycles. The Hall–Kier alpha value is -1.58. The van der Waals surface area contributed by atoms with Gasteiger partial charge in [0, 0.05) is 11.6 Å². The molecule has 0 heterocycles. The van der Waals surface area contributed by atoms with E-state index in [0.29, 0.717) is 24.7 Å². The number of ether oxygens (including phenoxy) is 2. The first-order valence-corrected chi connectivity index (χ1v) is 6.10. The molecular weight excluding hydrogens is 232 g/mol. The third kappa shape index (κ3) is 7.65. The fourth-order valence-electron chi connectivity index (χ4n) is 1.15. The van der Waals surface area contributed by atoms with E-state index in [0.717, 1.165) is 18.9 Å². The van der Waals surface area contributed by atoms with Gasteiger partial charge in [0.15, 0.2) is 0 Å². The Kier molecular flexibility index (Phi) is 8.62. The lowest BCUT2D eigenvalue weighted by Crippen LogP contribution is -2.11. The van der Waals surface area contributed by atoms with Crippen LogP contribution < -0.4 is 0 Å². The molecule has 0 spiro atoms. The number of hydrogen-bond acceptors (Lipinski definition) is 4. The molecule has 0 bridgehead atoms. The molecule has 0 aliphatic carbocycles. The van der Waals surface area contributed by atoms with Gasteiger partial charge in [0.2, 0.25) is 0 Å². The molecular formula is C14H22O4. The topological polar surface area (TPSA) is 52.6 Å². The van der Waals surface area contributed by atoms with Crippen LogP contribution in [0.2, 0.25) is 0 Å². The van der Waals surface area contributed by atoms with E-state index in [4.69, 9.17) is 9.47 Å². The molecule has 0 rings (SSSR count). The Balaban J connectivity index is 3.65. The van der Waals surface area contributed by atoms with Crippen molar-refractivity contribution >= 4 is 11.9 Å². The Labute approximate surface area is 109 Å². The number of carbonyl (C=O) groups is 2. The van der Waals surface area contributed by atoms with Gasteiger partial charge in [-0.05, 0) is 32.6 Å². The molecule has 0 fully saturated rings. The van der Waals surface area contributed by atoms with Gasteiger partial charge in [-0.2, -0.15) is 0 Å². The van der Waals surface area contributed by atoms with E-state index in [-0.39, 0.29) is 5.97 Å². The zero-order valence-corrected chi connectivity index (χ0v) is 11.4. The molecule has 0 aliphatic rings. The van der Waals surface area contributed by atoms with Crippen molar-refractivity contribution in [2.45, 2.75) is 33.6 Å². The quantitative estimate of drug-likeness (QED) is 0.493. The Morgan fingerprint density at radius 2 is 1.78 bits per heavy atom. The molecule has 4 heteroatoms. The van der Waals surface area contributed by atoms with Crippen molar-refractivity contribution in [2.24, 2.45) is 5.92 Å². The predicted octanol–water partition coefficient (Wildman–Crippen LogP) is 2.64. The van der Waals surface area contributed by atoms with Crippen molar-refractivity contribution in [2.75, 3.05) is 13.2 Å². The third-order valence-corrected chi connectivity index (χ3v) is 2.62. The van der Waals surface area contributed by atoms with Gasteiger partial charge in [-0.3, -0.25) is 0 Å². The second-order valence-corrected chi connectivity index (χ2v) is 4.16. The van der Waals surface area contributed by atoms with Gasteiger partial charge in [-0.15, -0.1) is 0 Å². The lowest BCUT2D eigenvalue weighted by atomic mass is 10.1. The van der Waals surface area contributed by atoms with Crippen molar-refractivity contribution in [3.05, 3.63) is 24.3 Å². The lowest BCUT2D eigenvalue weighted by molar-refractivity contribution is -0.139. The fraction of sp³-hybridized carbons (Fsp3) is 0.571. The molecule has 0 aromatic rings. The van der Waals surface area contributed by atoms with Crippen molar-refractivity contribution in [1.82, 2.24) is 0 Å². The second-order valence-electron chi connectivity index (χ2n) is 4.16. The standard InChI is InChI=1S/C14H22O4/c1-5-12(4)14(16)18-10-8-11(3)7-9-17-13(15)6-2/h5-6,11H,2,7-10H2,1,3-4H3. The molecule has 0 radical (unpaired) electrons. The Morgan fingerprint density at radius 3 is 2.28 bits per heavy atom. The molecule has 18 heavy (non-hydrogen) atoms. The van der Waals surface area contributed by atoms with E-state index in [9.17, 15) is 9.59 Å². The molecule has 1 atom stereocenters. The van der Waals surface area contributed by atoms with Crippen LogP contribution in [0.25, 0.3) is 0 Å². The first kappa shape index (κ1) is 16.4. The van der Waals surface area contributed by atoms with E-state index < -0.39 is 5.97 Å². The van der Waals surface area contributed by atoms with Gasteiger partial charge in [0.25, 0.3) is 0 Å². The van der Waals surface area contributed by atoms with E-state index in [2.05, 4.69) is 6.58 Å². The van der Waals surface area contributed by atoms with Crippen LogP contribution in [-0.2, 0) is 19.1 Å². The van der Waals surface area contributed by atoms with E-state index in [1.54, 1.807) is 19.9 Å². The summed E-state index contributed by atoms with van der Waals surface area (Å²) < 4.78 is 9.95. The SMILES string of the molecule is C=CC(=O)OCCC(C)CCOC(=O)C(C)=CC.